The highest BCUT2D eigenvalue weighted by atomic mass is 16.3. The molecule has 0 saturated carbocycles. The van der Waals surface area contributed by atoms with Crippen LogP contribution in [-0.2, 0) is 0 Å². The predicted molar refractivity (Wildman–Crippen MR) is 73.8 cm³/mol. The molecule has 0 aliphatic rings. The number of benzene rings is 1. The maximum Gasteiger partial charge on any atom is 0.251 e. The fourth-order valence-electron chi connectivity index (χ4n) is 1.82. The van der Waals surface area contributed by atoms with Crippen molar-refractivity contribution in [2.24, 2.45) is 0 Å². The molecule has 1 rings (SSSR count). The lowest BCUT2D eigenvalue weighted by Gasteiger charge is -2.16. The molecule has 0 aliphatic heterocycles. The van der Waals surface area contributed by atoms with E-state index in [1.807, 2.05) is 31.2 Å². The first kappa shape index (κ1) is 14.7. The third kappa shape index (κ3) is 4.15. The van der Waals surface area contributed by atoms with Gasteiger partial charge in [-0.1, -0.05) is 32.9 Å². The molecule has 3 nitrogen and oxygen atoms in total. The molecule has 1 amide bonds. The van der Waals surface area contributed by atoms with Crippen molar-refractivity contribution in [2.45, 2.75) is 45.6 Å². The molecule has 0 fully saturated rings. The second kappa shape index (κ2) is 7.17. The van der Waals surface area contributed by atoms with Crippen molar-refractivity contribution >= 4 is 5.91 Å². The fraction of sp³-hybridized carbons (Fsp3) is 0.533. The zero-order chi connectivity index (χ0) is 13.5. The molecule has 18 heavy (non-hydrogen) atoms. The van der Waals surface area contributed by atoms with Crippen molar-refractivity contribution in [3.05, 3.63) is 35.4 Å². The first-order chi connectivity index (χ1) is 8.58. The standard InChI is InChI=1S/C15H23NO2/c1-4-14(9-10-17)16-15(18)13-7-5-12(6-8-13)11(2)3/h5-8,11,14,17H,4,9-10H2,1-3H3,(H,16,18). The largest absolute Gasteiger partial charge is 0.396 e. The first-order valence-electron chi connectivity index (χ1n) is 6.60. The van der Waals surface area contributed by atoms with Gasteiger partial charge in [0.05, 0.1) is 0 Å². The average molecular weight is 249 g/mol. The summed E-state index contributed by atoms with van der Waals surface area (Å²) < 4.78 is 0. The number of nitrogens with one attached hydrogen (secondary N) is 1. The van der Waals surface area contributed by atoms with Gasteiger partial charge in [0.25, 0.3) is 5.91 Å². The highest BCUT2D eigenvalue weighted by Gasteiger charge is 2.11. The van der Waals surface area contributed by atoms with Crippen molar-refractivity contribution in [3.8, 4) is 0 Å². The minimum Gasteiger partial charge on any atom is -0.396 e. The topological polar surface area (TPSA) is 49.3 Å². The summed E-state index contributed by atoms with van der Waals surface area (Å²) in [6, 6.07) is 7.75. The number of aliphatic hydroxyl groups is 1. The van der Waals surface area contributed by atoms with Crippen molar-refractivity contribution in [2.75, 3.05) is 6.61 Å². The molecule has 1 aromatic carbocycles. The normalized spacial score (nSPS) is 12.5. The molecule has 1 unspecified atom stereocenters. The summed E-state index contributed by atoms with van der Waals surface area (Å²) in [6.07, 6.45) is 1.43. The Bertz CT molecular complexity index is 371. The molecule has 3 heteroatoms. The maximum absolute atomic E-state index is 12.0. The van der Waals surface area contributed by atoms with Gasteiger partial charge in [-0.2, -0.15) is 0 Å². The minimum absolute atomic E-state index is 0.0484. The lowest BCUT2D eigenvalue weighted by atomic mass is 10.0. The van der Waals surface area contributed by atoms with E-state index < -0.39 is 0 Å². The molecule has 100 valence electrons. The zero-order valence-corrected chi connectivity index (χ0v) is 11.4. The van der Waals surface area contributed by atoms with Crippen LogP contribution in [0, 0.1) is 0 Å². The van der Waals surface area contributed by atoms with Gasteiger partial charge in [-0.15, -0.1) is 0 Å². The summed E-state index contributed by atoms with van der Waals surface area (Å²) in [6.45, 7) is 6.36. The highest BCUT2D eigenvalue weighted by molar-refractivity contribution is 5.94. The smallest absolute Gasteiger partial charge is 0.251 e. The van der Waals surface area contributed by atoms with Gasteiger partial charge in [-0.25, -0.2) is 0 Å². The van der Waals surface area contributed by atoms with Crippen LogP contribution in [0.5, 0.6) is 0 Å². The minimum atomic E-state index is -0.0643. The van der Waals surface area contributed by atoms with E-state index in [0.29, 0.717) is 17.9 Å². The van der Waals surface area contributed by atoms with E-state index in [1.54, 1.807) is 0 Å². The third-order valence-corrected chi connectivity index (χ3v) is 3.15. The Kier molecular flexibility index (Phi) is 5.86. The second-order valence-electron chi connectivity index (χ2n) is 4.87. The second-order valence-corrected chi connectivity index (χ2v) is 4.87. The number of carbonyl (C=O) groups is 1. The summed E-state index contributed by atoms with van der Waals surface area (Å²) in [5.41, 5.74) is 1.91. The Morgan fingerprint density at radius 1 is 1.28 bits per heavy atom. The first-order valence-corrected chi connectivity index (χ1v) is 6.60. The van der Waals surface area contributed by atoms with Crippen LogP contribution in [0.2, 0.25) is 0 Å². The van der Waals surface area contributed by atoms with E-state index >= 15 is 0 Å². The highest BCUT2D eigenvalue weighted by Crippen LogP contribution is 2.14. The Morgan fingerprint density at radius 3 is 2.33 bits per heavy atom. The van der Waals surface area contributed by atoms with Gasteiger partial charge < -0.3 is 10.4 Å². The van der Waals surface area contributed by atoms with Crippen molar-refractivity contribution in [3.63, 3.8) is 0 Å². The summed E-state index contributed by atoms with van der Waals surface area (Å²) in [7, 11) is 0. The zero-order valence-electron chi connectivity index (χ0n) is 11.4. The molecule has 0 spiro atoms. The fourth-order valence-corrected chi connectivity index (χ4v) is 1.82. The van der Waals surface area contributed by atoms with Gasteiger partial charge in [0.1, 0.15) is 0 Å². The Morgan fingerprint density at radius 2 is 1.89 bits per heavy atom. The summed E-state index contributed by atoms with van der Waals surface area (Å²) in [5.74, 6) is 0.408. The Labute approximate surface area is 109 Å². The molecule has 1 aromatic rings. The molecule has 0 saturated heterocycles. The molecule has 0 radical (unpaired) electrons. The SMILES string of the molecule is CCC(CCO)NC(=O)c1ccc(C(C)C)cc1. The van der Waals surface area contributed by atoms with E-state index in [4.69, 9.17) is 5.11 Å². The van der Waals surface area contributed by atoms with Gasteiger partial charge in [0.2, 0.25) is 0 Å². The number of rotatable bonds is 6. The van der Waals surface area contributed by atoms with E-state index in [-0.39, 0.29) is 18.6 Å². The summed E-state index contributed by atoms with van der Waals surface area (Å²) in [4.78, 5) is 12.0. The van der Waals surface area contributed by atoms with Crippen molar-refractivity contribution < 1.29 is 9.90 Å². The van der Waals surface area contributed by atoms with Crippen LogP contribution in [0.15, 0.2) is 24.3 Å². The Hall–Kier alpha value is -1.35. The number of amides is 1. The average Bonchev–Trinajstić information content (AvgIpc) is 2.38. The van der Waals surface area contributed by atoms with Crippen molar-refractivity contribution in [1.82, 2.24) is 5.32 Å². The van der Waals surface area contributed by atoms with E-state index in [1.165, 1.54) is 5.56 Å². The van der Waals surface area contributed by atoms with E-state index in [0.717, 1.165) is 6.42 Å². The number of hydrogen-bond acceptors (Lipinski definition) is 2. The molecular weight excluding hydrogens is 226 g/mol. The van der Waals surface area contributed by atoms with Gasteiger partial charge in [0, 0.05) is 18.2 Å². The van der Waals surface area contributed by atoms with Gasteiger partial charge in [-0.05, 0) is 36.5 Å². The monoisotopic (exact) mass is 249 g/mol. The molecule has 0 aliphatic carbocycles. The van der Waals surface area contributed by atoms with E-state index in [2.05, 4.69) is 19.2 Å². The van der Waals surface area contributed by atoms with Crippen LogP contribution < -0.4 is 5.32 Å². The lowest BCUT2D eigenvalue weighted by molar-refractivity contribution is 0.0929. The van der Waals surface area contributed by atoms with Crippen LogP contribution in [0.1, 0.15) is 55.5 Å². The van der Waals surface area contributed by atoms with Crippen LogP contribution in [-0.4, -0.2) is 23.7 Å². The van der Waals surface area contributed by atoms with Crippen LogP contribution in [0.25, 0.3) is 0 Å². The van der Waals surface area contributed by atoms with Crippen LogP contribution in [0.3, 0.4) is 0 Å². The summed E-state index contributed by atoms with van der Waals surface area (Å²) >= 11 is 0. The summed E-state index contributed by atoms with van der Waals surface area (Å²) in [5, 5.41) is 11.8. The molecule has 0 heterocycles. The number of hydrogen-bond donors (Lipinski definition) is 2. The number of carbonyl (C=O) groups excluding carboxylic acids is 1. The molecule has 0 bridgehead atoms. The van der Waals surface area contributed by atoms with Crippen molar-refractivity contribution in [1.29, 1.82) is 0 Å². The molecule has 0 aromatic heterocycles. The number of aliphatic hydroxyl groups excluding tert-OH is 1. The quantitative estimate of drug-likeness (QED) is 0.814. The lowest BCUT2D eigenvalue weighted by Crippen LogP contribution is -2.35. The van der Waals surface area contributed by atoms with Gasteiger partial charge >= 0.3 is 0 Å². The third-order valence-electron chi connectivity index (χ3n) is 3.15. The van der Waals surface area contributed by atoms with E-state index in [9.17, 15) is 4.79 Å². The van der Waals surface area contributed by atoms with Crippen LogP contribution in [0.4, 0.5) is 0 Å². The molecule has 2 N–H and O–H groups in total. The predicted octanol–water partition coefficient (Wildman–Crippen LogP) is 2.70. The van der Waals surface area contributed by atoms with Gasteiger partial charge in [-0.3, -0.25) is 4.79 Å². The molecular formula is C15H23NO2. The molecule has 1 atom stereocenters. The van der Waals surface area contributed by atoms with Gasteiger partial charge in [0.15, 0.2) is 0 Å². The van der Waals surface area contributed by atoms with Crippen LogP contribution >= 0.6 is 0 Å². The Balaban J connectivity index is 2.66. The maximum atomic E-state index is 12.0.